The molecule has 1 N–H and O–H groups in total. The highest BCUT2D eigenvalue weighted by molar-refractivity contribution is 5.95. The second-order valence-electron chi connectivity index (χ2n) is 5.60. The molecule has 0 unspecified atom stereocenters. The number of carbonyl (C=O) groups is 1. The third-order valence-electron chi connectivity index (χ3n) is 3.95. The van der Waals surface area contributed by atoms with E-state index >= 15 is 0 Å². The Kier molecular flexibility index (Phi) is 4.29. The van der Waals surface area contributed by atoms with Crippen LogP contribution >= 0.6 is 0 Å². The van der Waals surface area contributed by atoms with Crippen LogP contribution in [0.25, 0.3) is 10.8 Å². The van der Waals surface area contributed by atoms with Gasteiger partial charge in [0, 0.05) is 5.69 Å². The molecule has 0 heterocycles. The Morgan fingerprint density at radius 2 is 1.74 bits per heavy atom. The summed E-state index contributed by atoms with van der Waals surface area (Å²) in [7, 11) is 0. The number of amides is 1. The van der Waals surface area contributed by atoms with E-state index in [0.29, 0.717) is 0 Å². The van der Waals surface area contributed by atoms with Crippen LogP contribution in [0.3, 0.4) is 0 Å². The van der Waals surface area contributed by atoms with Gasteiger partial charge >= 0.3 is 0 Å². The van der Waals surface area contributed by atoms with E-state index in [1.54, 1.807) is 0 Å². The van der Waals surface area contributed by atoms with E-state index in [4.69, 9.17) is 4.74 Å². The van der Waals surface area contributed by atoms with E-state index in [1.165, 1.54) is 0 Å². The second-order valence-corrected chi connectivity index (χ2v) is 5.60. The van der Waals surface area contributed by atoms with Crippen LogP contribution in [0.1, 0.15) is 11.1 Å². The molecule has 0 aliphatic rings. The monoisotopic (exact) mass is 305 g/mol. The van der Waals surface area contributed by atoms with Gasteiger partial charge in [0.05, 0.1) is 0 Å². The first-order chi connectivity index (χ1) is 11.1. The molecular weight excluding hydrogens is 286 g/mol. The van der Waals surface area contributed by atoms with Crippen molar-refractivity contribution in [2.75, 3.05) is 11.9 Å². The molecule has 0 aliphatic heterocycles. The Morgan fingerprint density at radius 1 is 0.957 bits per heavy atom. The summed E-state index contributed by atoms with van der Waals surface area (Å²) in [5.41, 5.74) is 2.99. The van der Waals surface area contributed by atoms with Crippen molar-refractivity contribution in [1.29, 1.82) is 0 Å². The van der Waals surface area contributed by atoms with Crippen molar-refractivity contribution in [2.45, 2.75) is 13.8 Å². The van der Waals surface area contributed by atoms with Crippen LogP contribution < -0.4 is 10.1 Å². The number of ether oxygens (including phenoxy) is 1. The number of nitrogens with one attached hydrogen (secondary N) is 1. The molecule has 0 bridgehead atoms. The Bertz CT molecular complexity index is 855. The summed E-state index contributed by atoms with van der Waals surface area (Å²) < 4.78 is 5.63. The lowest BCUT2D eigenvalue weighted by Crippen LogP contribution is -2.20. The van der Waals surface area contributed by atoms with Crippen LogP contribution in [0.2, 0.25) is 0 Å². The normalized spacial score (nSPS) is 10.5. The number of rotatable bonds is 4. The van der Waals surface area contributed by atoms with E-state index in [0.717, 1.165) is 33.3 Å². The van der Waals surface area contributed by atoms with Crippen molar-refractivity contribution < 1.29 is 9.53 Å². The van der Waals surface area contributed by atoms with Gasteiger partial charge in [-0.15, -0.1) is 0 Å². The number of carbonyl (C=O) groups excluding carboxylic acids is 1. The van der Waals surface area contributed by atoms with Crippen LogP contribution in [0, 0.1) is 13.8 Å². The van der Waals surface area contributed by atoms with Crippen LogP contribution in [0.15, 0.2) is 60.7 Å². The zero-order valence-corrected chi connectivity index (χ0v) is 13.3. The Hall–Kier alpha value is -2.81. The molecule has 0 fully saturated rings. The maximum Gasteiger partial charge on any atom is 0.262 e. The summed E-state index contributed by atoms with van der Waals surface area (Å²) in [6.45, 7) is 4.01. The minimum atomic E-state index is -0.166. The highest BCUT2D eigenvalue weighted by Crippen LogP contribution is 2.21. The third-order valence-corrected chi connectivity index (χ3v) is 3.95. The van der Waals surface area contributed by atoms with E-state index in [1.807, 2.05) is 74.5 Å². The molecule has 3 heteroatoms. The molecule has 3 aromatic carbocycles. The zero-order valence-electron chi connectivity index (χ0n) is 13.3. The zero-order chi connectivity index (χ0) is 16.2. The Labute approximate surface area is 135 Å². The number of hydrogen-bond acceptors (Lipinski definition) is 2. The molecule has 3 rings (SSSR count). The van der Waals surface area contributed by atoms with E-state index < -0.39 is 0 Å². The smallest absolute Gasteiger partial charge is 0.262 e. The molecule has 0 saturated heterocycles. The Balaban J connectivity index is 1.65. The summed E-state index contributed by atoms with van der Waals surface area (Å²) >= 11 is 0. The minimum absolute atomic E-state index is 0.00286. The lowest BCUT2D eigenvalue weighted by Gasteiger charge is -2.11. The number of fused-ring (bicyclic) bond motifs is 1. The van der Waals surface area contributed by atoms with Gasteiger partial charge in [0.1, 0.15) is 5.75 Å². The number of benzene rings is 3. The van der Waals surface area contributed by atoms with E-state index in [9.17, 15) is 4.79 Å². The van der Waals surface area contributed by atoms with Gasteiger partial charge < -0.3 is 10.1 Å². The van der Waals surface area contributed by atoms with Crippen LogP contribution in [-0.4, -0.2) is 12.5 Å². The highest BCUT2D eigenvalue weighted by atomic mass is 16.5. The van der Waals surface area contributed by atoms with Gasteiger partial charge in [0.25, 0.3) is 5.91 Å². The summed E-state index contributed by atoms with van der Waals surface area (Å²) in [6, 6.07) is 19.8. The van der Waals surface area contributed by atoms with Crippen LogP contribution in [0.5, 0.6) is 5.75 Å². The predicted octanol–water partition coefficient (Wildman–Crippen LogP) is 4.47. The van der Waals surface area contributed by atoms with E-state index in [-0.39, 0.29) is 12.5 Å². The largest absolute Gasteiger partial charge is 0.483 e. The molecule has 0 atom stereocenters. The highest BCUT2D eigenvalue weighted by Gasteiger charge is 2.07. The first-order valence-electron chi connectivity index (χ1n) is 7.61. The quantitative estimate of drug-likeness (QED) is 0.772. The first kappa shape index (κ1) is 15.1. The van der Waals surface area contributed by atoms with Crippen molar-refractivity contribution in [2.24, 2.45) is 0 Å². The maximum absolute atomic E-state index is 12.1. The average Bonchev–Trinajstić information content (AvgIpc) is 2.56. The fourth-order valence-electron chi connectivity index (χ4n) is 2.49. The molecule has 1 amide bonds. The van der Waals surface area contributed by atoms with Gasteiger partial charge in [0.2, 0.25) is 0 Å². The summed E-state index contributed by atoms with van der Waals surface area (Å²) in [5.74, 6) is 0.583. The molecule has 0 radical (unpaired) electrons. The number of aryl methyl sites for hydroxylation is 1. The van der Waals surface area contributed by atoms with Crippen LogP contribution in [0.4, 0.5) is 5.69 Å². The molecule has 3 aromatic rings. The van der Waals surface area contributed by atoms with Crippen molar-refractivity contribution in [3.05, 3.63) is 71.8 Å². The van der Waals surface area contributed by atoms with E-state index in [2.05, 4.69) is 5.32 Å². The second kappa shape index (κ2) is 6.53. The molecule has 0 aromatic heterocycles. The van der Waals surface area contributed by atoms with Gasteiger partial charge in [-0.25, -0.2) is 0 Å². The Morgan fingerprint density at radius 3 is 2.57 bits per heavy atom. The van der Waals surface area contributed by atoms with Gasteiger partial charge in [-0.2, -0.15) is 0 Å². The summed E-state index contributed by atoms with van der Waals surface area (Å²) in [4.78, 5) is 12.1. The van der Waals surface area contributed by atoms with Crippen molar-refractivity contribution in [1.82, 2.24) is 0 Å². The fraction of sp³-hybridized carbons (Fsp3) is 0.150. The predicted molar refractivity (Wildman–Crippen MR) is 94.0 cm³/mol. The fourth-order valence-corrected chi connectivity index (χ4v) is 2.49. The molecule has 0 aliphatic carbocycles. The van der Waals surface area contributed by atoms with Crippen molar-refractivity contribution in [3.8, 4) is 5.75 Å². The van der Waals surface area contributed by atoms with Gasteiger partial charge in [-0.1, -0.05) is 42.5 Å². The van der Waals surface area contributed by atoms with Crippen LogP contribution in [-0.2, 0) is 4.79 Å². The third kappa shape index (κ3) is 3.51. The molecule has 23 heavy (non-hydrogen) atoms. The maximum atomic E-state index is 12.1. The van der Waals surface area contributed by atoms with Gasteiger partial charge in [-0.05, 0) is 53.9 Å². The molecule has 0 spiro atoms. The standard InChI is InChI=1S/C20H19NO2/c1-14-6-5-9-19(15(14)2)23-13-20(22)21-18-11-10-16-7-3-4-8-17(16)12-18/h3-12H,13H2,1-2H3,(H,21,22). The van der Waals surface area contributed by atoms with Gasteiger partial charge in [-0.3, -0.25) is 4.79 Å². The topological polar surface area (TPSA) is 38.3 Å². The molecular formula is C20H19NO2. The average molecular weight is 305 g/mol. The number of anilines is 1. The lowest BCUT2D eigenvalue weighted by molar-refractivity contribution is -0.118. The molecule has 0 saturated carbocycles. The number of hydrogen-bond donors (Lipinski definition) is 1. The van der Waals surface area contributed by atoms with Crippen molar-refractivity contribution >= 4 is 22.4 Å². The van der Waals surface area contributed by atoms with Crippen molar-refractivity contribution in [3.63, 3.8) is 0 Å². The summed E-state index contributed by atoms with van der Waals surface area (Å²) in [5, 5.41) is 5.12. The SMILES string of the molecule is Cc1cccc(OCC(=O)Nc2ccc3ccccc3c2)c1C. The summed E-state index contributed by atoms with van der Waals surface area (Å²) in [6.07, 6.45) is 0. The minimum Gasteiger partial charge on any atom is -0.483 e. The molecule has 116 valence electrons. The first-order valence-corrected chi connectivity index (χ1v) is 7.61. The lowest BCUT2D eigenvalue weighted by atomic mass is 10.1. The molecule has 3 nitrogen and oxygen atoms in total. The van der Waals surface area contributed by atoms with Gasteiger partial charge in [0.15, 0.2) is 6.61 Å².